The summed E-state index contributed by atoms with van der Waals surface area (Å²) in [6.45, 7) is 6.39. The number of hydrogen-bond donors (Lipinski definition) is 0. The zero-order valence-electron chi connectivity index (χ0n) is 22.0. The number of rotatable bonds is 21. The highest BCUT2D eigenvalue weighted by molar-refractivity contribution is 7.99. The van der Waals surface area contributed by atoms with Gasteiger partial charge in [0.05, 0.1) is 49.4 Å². The van der Waals surface area contributed by atoms with Crippen LogP contribution >= 0.6 is 23.5 Å². The first-order valence-electron chi connectivity index (χ1n) is 12.4. The molecule has 0 amide bonds. The highest BCUT2D eigenvalue weighted by atomic mass is 32.2. The molecule has 2 aromatic rings. The van der Waals surface area contributed by atoms with Crippen molar-refractivity contribution in [1.82, 2.24) is 0 Å². The quantitative estimate of drug-likeness (QED) is 0.147. The van der Waals surface area contributed by atoms with E-state index in [0.717, 1.165) is 34.1 Å². The van der Waals surface area contributed by atoms with E-state index in [1.165, 1.54) is 0 Å². The van der Waals surface area contributed by atoms with Gasteiger partial charge in [-0.3, -0.25) is 8.37 Å². The Balaban J connectivity index is 1.33. The number of aryl methyl sites for hydroxylation is 2. The second-order valence-electron chi connectivity index (χ2n) is 8.33. The smallest absolute Gasteiger partial charge is 0.296 e. The van der Waals surface area contributed by atoms with Crippen molar-refractivity contribution in [2.45, 2.75) is 36.5 Å². The largest absolute Gasteiger partial charge is 0.378 e. The molecule has 0 fully saturated rings. The molecule has 0 aliphatic rings. The summed E-state index contributed by atoms with van der Waals surface area (Å²) in [6, 6.07) is 13.2. The first kappa shape index (κ1) is 33.1. The first-order valence-corrected chi connectivity index (χ1v) is 17.6. The van der Waals surface area contributed by atoms with Gasteiger partial charge in [0.2, 0.25) is 0 Å². The molecule has 38 heavy (non-hydrogen) atoms. The van der Waals surface area contributed by atoms with E-state index in [9.17, 15) is 16.8 Å². The van der Waals surface area contributed by atoms with E-state index in [0.29, 0.717) is 39.3 Å². The van der Waals surface area contributed by atoms with Gasteiger partial charge in [0.15, 0.2) is 0 Å². The summed E-state index contributed by atoms with van der Waals surface area (Å²) in [6.07, 6.45) is 1.29. The Morgan fingerprint density at radius 2 is 0.895 bits per heavy atom. The molecule has 0 radical (unpaired) electrons. The SMILES string of the molecule is Cc1ccc(S(=O)(=O)OCCCSCCOCCOCCSCCCOS(=O)(=O)c2ccc(C)cc2)cc1. The Morgan fingerprint density at radius 1 is 0.526 bits per heavy atom. The molecule has 0 heterocycles. The van der Waals surface area contributed by atoms with E-state index in [4.69, 9.17) is 17.8 Å². The van der Waals surface area contributed by atoms with Crippen molar-refractivity contribution >= 4 is 43.8 Å². The highest BCUT2D eigenvalue weighted by Gasteiger charge is 2.15. The Labute approximate surface area is 236 Å². The third kappa shape index (κ3) is 13.8. The maximum atomic E-state index is 12.1. The van der Waals surface area contributed by atoms with E-state index in [-0.39, 0.29) is 23.0 Å². The summed E-state index contributed by atoms with van der Waals surface area (Å²) in [7, 11) is -7.38. The van der Waals surface area contributed by atoms with E-state index in [1.54, 1.807) is 72.1 Å². The first-order chi connectivity index (χ1) is 18.2. The molecule has 2 aromatic carbocycles. The van der Waals surface area contributed by atoms with E-state index < -0.39 is 20.2 Å². The molecular weight excluding hydrogens is 569 g/mol. The van der Waals surface area contributed by atoms with Crippen molar-refractivity contribution < 1.29 is 34.7 Å². The molecule has 0 unspecified atom stereocenters. The average molecular weight is 607 g/mol. The fourth-order valence-corrected chi connectivity index (χ4v) is 6.38. The minimum Gasteiger partial charge on any atom is -0.378 e. The maximum absolute atomic E-state index is 12.1. The third-order valence-corrected chi connectivity index (χ3v) is 9.80. The van der Waals surface area contributed by atoms with Crippen LogP contribution in [0.3, 0.4) is 0 Å². The van der Waals surface area contributed by atoms with Crippen LogP contribution in [-0.2, 0) is 38.1 Å². The number of hydrogen-bond acceptors (Lipinski definition) is 10. The molecule has 0 aliphatic heterocycles. The molecule has 214 valence electrons. The van der Waals surface area contributed by atoms with Crippen molar-refractivity contribution in [3.05, 3.63) is 59.7 Å². The fraction of sp³-hybridized carbons (Fsp3) is 0.538. The normalized spacial score (nSPS) is 12.2. The van der Waals surface area contributed by atoms with Crippen LogP contribution in [0.25, 0.3) is 0 Å². The van der Waals surface area contributed by atoms with Gasteiger partial charge in [0.1, 0.15) is 0 Å². The van der Waals surface area contributed by atoms with Crippen LogP contribution < -0.4 is 0 Å². The molecule has 0 N–H and O–H groups in total. The van der Waals surface area contributed by atoms with Gasteiger partial charge < -0.3 is 9.47 Å². The lowest BCUT2D eigenvalue weighted by Crippen LogP contribution is -2.10. The zero-order chi connectivity index (χ0) is 27.7. The molecule has 0 saturated heterocycles. The monoisotopic (exact) mass is 606 g/mol. The average Bonchev–Trinajstić information content (AvgIpc) is 2.88. The van der Waals surface area contributed by atoms with Crippen molar-refractivity contribution in [1.29, 1.82) is 0 Å². The fourth-order valence-electron chi connectivity index (χ4n) is 2.97. The molecule has 0 aliphatic carbocycles. The molecule has 0 atom stereocenters. The van der Waals surface area contributed by atoms with Crippen LogP contribution in [0.2, 0.25) is 0 Å². The Kier molecular flexibility index (Phi) is 15.9. The number of benzene rings is 2. The van der Waals surface area contributed by atoms with Crippen molar-refractivity contribution in [3.63, 3.8) is 0 Å². The molecule has 0 saturated carbocycles. The predicted octanol–water partition coefficient (Wildman–Crippen LogP) is 4.69. The Bertz CT molecular complexity index is 1030. The lowest BCUT2D eigenvalue weighted by atomic mass is 10.2. The van der Waals surface area contributed by atoms with Crippen molar-refractivity contribution in [3.8, 4) is 0 Å². The summed E-state index contributed by atoms with van der Waals surface area (Å²) in [5, 5.41) is 0. The van der Waals surface area contributed by atoms with Gasteiger partial charge in [-0.2, -0.15) is 40.4 Å². The molecule has 0 spiro atoms. The summed E-state index contributed by atoms with van der Waals surface area (Å²) >= 11 is 3.38. The van der Waals surface area contributed by atoms with Crippen LogP contribution in [0.5, 0.6) is 0 Å². The number of thioether (sulfide) groups is 2. The van der Waals surface area contributed by atoms with Crippen LogP contribution in [-0.4, -0.2) is 79.5 Å². The molecule has 12 heteroatoms. The number of ether oxygens (including phenoxy) is 2. The molecule has 2 rings (SSSR count). The van der Waals surface area contributed by atoms with Gasteiger partial charge in [-0.1, -0.05) is 35.4 Å². The second kappa shape index (κ2) is 18.3. The molecule has 0 bridgehead atoms. The van der Waals surface area contributed by atoms with Crippen LogP contribution in [0.15, 0.2) is 58.3 Å². The topological polar surface area (TPSA) is 105 Å². The summed E-state index contributed by atoms with van der Waals surface area (Å²) in [4.78, 5) is 0.364. The minimum atomic E-state index is -3.69. The highest BCUT2D eigenvalue weighted by Crippen LogP contribution is 2.15. The van der Waals surface area contributed by atoms with Gasteiger partial charge in [-0.15, -0.1) is 0 Å². The lowest BCUT2D eigenvalue weighted by Gasteiger charge is -2.07. The summed E-state index contributed by atoms with van der Waals surface area (Å²) < 4.78 is 69.7. The van der Waals surface area contributed by atoms with Gasteiger partial charge in [0, 0.05) is 11.5 Å². The lowest BCUT2D eigenvalue weighted by molar-refractivity contribution is 0.0605. The summed E-state index contributed by atoms with van der Waals surface area (Å²) in [5.41, 5.74) is 2.00. The van der Waals surface area contributed by atoms with Crippen molar-refractivity contribution in [2.24, 2.45) is 0 Å². The Morgan fingerprint density at radius 3 is 1.26 bits per heavy atom. The third-order valence-electron chi connectivity index (χ3n) is 5.08. The molecule has 8 nitrogen and oxygen atoms in total. The minimum absolute atomic E-state index is 0.162. The van der Waals surface area contributed by atoms with Gasteiger partial charge in [-0.25, -0.2) is 0 Å². The predicted molar refractivity (Wildman–Crippen MR) is 154 cm³/mol. The zero-order valence-corrected chi connectivity index (χ0v) is 25.3. The van der Waals surface area contributed by atoms with E-state index >= 15 is 0 Å². The second-order valence-corrected chi connectivity index (χ2v) is 14.0. The van der Waals surface area contributed by atoms with Crippen LogP contribution in [0.1, 0.15) is 24.0 Å². The molecule has 0 aromatic heterocycles. The van der Waals surface area contributed by atoms with E-state index in [2.05, 4.69) is 0 Å². The maximum Gasteiger partial charge on any atom is 0.296 e. The van der Waals surface area contributed by atoms with Crippen LogP contribution in [0.4, 0.5) is 0 Å². The van der Waals surface area contributed by atoms with E-state index in [1.807, 2.05) is 13.8 Å². The molecular formula is C26H38O8S4. The van der Waals surface area contributed by atoms with Gasteiger partial charge in [0.25, 0.3) is 20.2 Å². The summed E-state index contributed by atoms with van der Waals surface area (Å²) in [5.74, 6) is 3.23. The standard InChI is InChI=1S/C26H38O8S4/c1-23-5-9-25(10-6-23)37(27,28)33-13-3-19-35-21-17-31-15-16-32-18-22-36-20-4-14-34-38(29,30)26-11-7-24(2)8-12-26/h5-12H,3-4,13-22H2,1-2H3. The van der Waals surface area contributed by atoms with Gasteiger partial charge >= 0.3 is 0 Å². The van der Waals surface area contributed by atoms with Crippen LogP contribution in [0, 0.1) is 13.8 Å². The van der Waals surface area contributed by atoms with Gasteiger partial charge in [-0.05, 0) is 62.5 Å². The Hall–Kier alpha value is -1.12. The van der Waals surface area contributed by atoms with Crippen molar-refractivity contribution in [2.75, 3.05) is 62.7 Å².